The molecule has 1 saturated heterocycles. The number of benzene rings is 1. The van der Waals surface area contributed by atoms with Crippen LogP contribution in [-0.2, 0) is 0 Å². The number of piperazine rings is 1. The molecule has 1 aliphatic rings. The maximum atomic E-state index is 12.6. The Kier molecular flexibility index (Phi) is 3.75. The molecule has 1 aliphatic heterocycles. The van der Waals surface area contributed by atoms with Crippen LogP contribution in [0.1, 0.15) is 16.1 Å². The fourth-order valence-corrected chi connectivity index (χ4v) is 2.62. The van der Waals surface area contributed by atoms with Crippen LogP contribution in [-0.4, -0.2) is 49.1 Å². The normalized spacial score (nSPS) is 15.2. The molecular formula is C16H19N3O2. The topological polar surface area (TPSA) is 54.5 Å². The molecule has 2 heterocycles. The zero-order valence-corrected chi connectivity index (χ0v) is 12.3. The van der Waals surface area contributed by atoms with Gasteiger partial charge >= 0.3 is 0 Å². The first-order chi connectivity index (χ1) is 10.2. The number of hydrogen-bond donors (Lipinski definition) is 1. The second kappa shape index (κ2) is 5.69. The molecule has 5 nitrogen and oxygen atoms in total. The maximum absolute atomic E-state index is 12.6. The molecule has 3 rings (SSSR count). The van der Waals surface area contributed by atoms with Gasteiger partial charge in [0.15, 0.2) is 0 Å². The van der Waals surface area contributed by atoms with Crippen LogP contribution in [0.2, 0.25) is 0 Å². The van der Waals surface area contributed by atoms with Crippen LogP contribution in [0.25, 0.3) is 10.9 Å². The summed E-state index contributed by atoms with van der Waals surface area (Å²) in [6.07, 6.45) is 0. The molecule has 0 radical (unpaired) electrons. The van der Waals surface area contributed by atoms with Gasteiger partial charge in [0.05, 0.1) is 23.9 Å². The third kappa shape index (κ3) is 2.69. The van der Waals surface area contributed by atoms with Gasteiger partial charge in [-0.05, 0) is 25.1 Å². The van der Waals surface area contributed by atoms with E-state index in [1.807, 2.05) is 36.1 Å². The quantitative estimate of drug-likeness (QED) is 0.910. The summed E-state index contributed by atoms with van der Waals surface area (Å²) < 4.78 is 5.21. The Hall–Kier alpha value is -2.14. The average molecular weight is 285 g/mol. The summed E-state index contributed by atoms with van der Waals surface area (Å²) >= 11 is 0. The molecule has 0 spiro atoms. The number of methoxy groups -OCH3 is 1. The molecule has 110 valence electrons. The number of amides is 1. The van der Waals surface area contributed by atoms with E-state index in [0.717, 1.165) is 48.5 Å². The number of fused-ring (bicyclic) bond motifs is 1. The van der Waals surface area contributed by atoms with Crippen LogP contribution >= 0.6 is 0 Å². The Morgan fingerprint density at radius 2 is 2.05 bits per heavy atom. The van der Waals surface area contributed by atoms with Crippen molar-refractivity contribution in [3.05, 3.63) is 35.5 Å². The molecule has 5 heteroatoms. The first kappa shape index (κ1) is 13.8. The number of pyridine rings is 1. The molecule has 0 saturated carbocycles. The van der Waals surface area contributed by atoms with Crippen molar-refractivity contribution in [3.63, 3.8) is 0 Å². The lowest BCUT2D eigenvalue weighted by Gasteiger charge is -2.27. The Bertz CT molecular complexity index is 679. The van der Waals surface area contributed by atoms with Crippen molar-refractivity contribution in [2.75, 3.05) is 33.3 Å². The van der Waals surface area contributed by atoms with Crippen LogP contribution in [0.4, 0.5) is 0 Å². The smallest absolute Gasteiger partial charge is 0.255 e. The molecule has 21 heavy (non-hydrogen) atoms. The third-order valence-corrected chi connectivity index (χ3v) is 3.85. The highest BCUT2D eigenvalue weighted by Gasteiger charge is 2.20. The number of ether oxygens (including phenoxy) is 1. The van der Waals surface area contributed by atoms with Gasteiger partial charge in [-0.25, -0.2) is 0 Å². The average Bonchev–Trinajstić information content (AvgIpc) is 2.53. The van der Waals surface area contributed by atoms with Gasteiger partial charge < -0.3 is 15.0 Å². The first-order valence-corrected chi connectivity index (χ1v) is 7.14. The Labute approximate surface area is 123 Å². The van der Waals surface area contributed by atoms with Crippen molar-refractivity contribution in [1.29, 1.82) is 0 Å². The summed E-state index contributed by atoms with van der Waals surface area (Å²) in [5, 5.41) is 4.21. The number of carbonyl (C=O) groups excluding carboxylic acids is 1. The van der Waals surface area contributed by atoms with Gasteiger partial charge in [-0.3, -0.25) is 9.78 Å². The number of rotatable bonds is 2. The molecular weight excluding hydrogens is 266 g/mol. The zero-order valence-electron chi connectivity index (χ0n) is 12.3. The Balaban J connectivity index is 1.98. The van der Waals surface area contributed by atoms with Crippen LogP contribution in [0.15, 0.2) is 24.3 Å². The zero-order chi connectivity index (χ0) is 14.8. The first-order valence-electron chi connectivity index (χ1n) is 7.14. The molecule has 0 aliphatic carbocycles. The molecule has 0 atom stereocenters. The van der Waals surface area contributed by atoms with Crippen molar-refractivity contribution in [1.82, 2.24) is 15.2 Å². The van der Waals surface area contributed by atoms with E-state index in [9.17, 15) is 4.79 Å². The minimum absolute atomic E-state index is 0.0687. The van der Waals surface area contributed by atoms with Crippen molar-refractivity contribution in [2.24, 2.45) is 0 Å². The highest BCUT2D eigenvalue weighted by atomic mass is 16.5. The fourth-order valence-electron chi connectivity index (χ4n) is 2.62. The SMILES string of the molecule is COc1ccc2cc(C(=O)N3CCNCC3)c(C)nc2c1. The lowest BCUT2D eigenvalue weighted by molar-refractivity contribution is 0.0735. The van der Waals surface area contributed by atoms with E-state index in [2.05, 4.69) is 10.3 Å². The van der Waals surface area contributed by atoms with Gasteiger partial charge in [0.25, 0.3) is 5.91 Å². The minimum Gasteiger partial charge on any atom is -0.497 e. The van der Waals surface area contributed by atoms with Crippen LogP contribution in [0, 0.1) is 6.92 Å². The Morgan fingerprint density at radius 3 is 2.76 bits per heavy atom. The number of carbonyl (C=O) groups is 1. The molecule has 1 aromatic heterocycles. The van der Waals surface area contributed by atoms with Crippen LogP contribution < -0.4 is 10.1 Å². The van der Waals surface area contributed by atoms with Gasteiger partial charge in [0.1, 0.15) is 5.75 Å². The molecule has 2 aromatic rings. The number of aromatic nitrogens is 1. The number of aryl methyl sites for hydroxylation is 1. The predicted molar refractivity (Wildman–Crippen MR) is 81.8 cm³/mol. The predicted octanol–water partition coefficient (Wildman–Crippen LogP) is 1.60. The van der Waals surface area contributed by atoms with E-state index in [4.69, 9.17) is 4.74 Å². The van der Waals surface area contributed by atoms with Gasteiger partial charge in [-0.1, -0.05) is 0 Å². The summed E-state index contributed by atoms with van der Waals surface area (Å²) in [6.45, 7) is 5.08. The summed E-state index contributed by atoms with van der Waals surface area (Å²) in [5.41, 5.74) is 2.30. The van der Waals surface area contributed by atoms with Gasteiger partial charge in [-0.2, -0.15) is 0 Å². The number of nitrogens with one attached hydrogen (secondary N) is 1. The minimum atomic E-state index is 0.0687. The van der Waals surface area contributed by atoms with Crippen molar-refractivity contribution in [2.45, 2.75) is 6.92 Å². The van der Waals surface area contributed by atoms with E-state index in [0.29, 0.717) is 5.56 Å². The van der Waals surface area contributed by atoms with E-state index in [-0.39, 0.29) is 5.91 Å². The molecule has 1 N–H and O–H groups in total. The van der Waals surface area contributed by atoms with Gasteiger partial charge in [0, 0.05) is 37.6 Å². The molecule has 1 aromatic carbocycles. The lowest BCUT2D eigenvalue weighted by Crippen LogP contribution is -2.46. The molecule has 1 fully saturated rings. The molecule has 1 amide bonds. The van der Waals surface area contributed by atoms with Crippen LogP contribution in [0.3, 0.4) is 0 Å². The highest BCUT2D eigenvalue weighted by molar-refractivity contribution is 5.98. The number of nitrogens with zero attached hydrogens (tertiary/aromatic N) is 2. The van der Waals surface area contributed by atoms with E-state index in [1.165, 1.54) is 0 Å². The summed E-state index contributed by atoms with van der Waals surface area (Å²) in [7, 11) is 1.64. The van der Waals surface area contributed by atoms with Crippen molar-refractivity contribution < 1.29 is 9.53 Å². The second-order valence-corrected chi connectivity index (χ2v) is 5.22. The van der Waals surface area contributed by atoms with E-state index >= 15 is 0 Å². The van der Waals surface area contributed by atoms with Crippen molar-refractivity contribution >= 4 is 16.8 Å². The standard InChI is InChI=1S/C16H19N3O2/c1-11-14(16(20)19-7-5-17-6-8-19)9-12-3-4-13(21-2)10-15(12)18-11/h3-4,9-10,17H,5-8H2,1-2H3. The van der Waals surface area contributed by atoms with Crippen LogP contribution in [0.5, 0.6) is 5.75 Å². The summed E-state index contributed by atoms with van der Waals surface area (Å²) in [4.78, 5) is 19.1. The third-order valence-electron chi connectivity index (χ3n) is 3.85. The number of hydrogen-bond acceptors (Lipinski definition) is 4. The van der Waals surface area contributed by atoms with Crippen molar-refractivity contribution in [3.8, 4) is 5.75 Å². The van der Waals surface area contributed by atoms with Gasteiger partial charge in [0.2, 0.25) is 0 Å². The second-order valence-electron chi connectivity index (χ2n) is 5.22. The Morgan fingerprint density at radius 1 is 1.29 bits per heavy atom. The van der Waals surface area contributed by atoms with E-state index < -0.39 is 0 Å². The molecule has 0 bridgehead atoms. The fraction of sp³-hybridized carbons (Fsp3) is 0.375. The van der Waals surface area contributed by atoms with Gasteiger partial charge in [-0.15, -0.1) is 0 Å². The molecule has 0 unspecified atom stereocenters. The summed E-state index contributed by atoms with van der Waals surface area (Å²) in [6, 6.07) is 7.65. The monoisotopic (exact) mass is 285 g/mol. The largest absolute Gasteiger partial charge is 0.497 e. The maximum Gasteiger partial charge on any atom is 0.255 e. The summed E-state index contributed by atoms with van der Waals surface area (Å²) in [5.74, 6) is 0.842. The highest BCUT2D eigenvalue weighted by Crippen LogP contribution is 2.22. The lowest BCUT2D eigenvalue weighted by atomic mass is 10.1. The van der Waals surface area contributed by atoms with E-state index in [1.54, 1.807) is 7.11 Å².